The summed E-state index contributed by atoms with van der Waals surface area (Å²) in [6, 6.07) is 5.50. The zero-order chi connectivity index (χ0) is 19.6. The second-order valence-corrected chi connectivity index (χ2v) is 8.37. The molecule has 0 aliphatic carbocycles. The standard InChI is InChI=1S/C19H24N6OS/c1-12-15(14-8-9-20-16(23-14)19(2,3)4)27-18(22-12)24-17(26)21-11-13-7-6-10-25(13)5/h6-10H,11H2,1-5H3,(H2,21,22,24,26). The van der Waals surface area contributed by atoms with E-state index in [0.717, 1.165) is 27.8 Å². The smallest absolute Gasteiger partial charge is 0.321 e. The molecule has 27 heavy (non-hydrogen) atoms. The van der Waals surface area contributed by atoms with Crippen molar-refractivity contribution in [3.05, 3.63) is 47.8 Å². The van der Waals surface area contributed by atoms with E-state index in [4.69, 9.17) is 0 Å². The second kappa shape index (κ2) is 7.48. The average molecular weight is 385 g/mol. The predicted octanol–water partition coefficient (Wildman–Crippen LogP) is 3.87. The van der Waals surface area contributed by atoms with E-state index in [-0.39, 0.29) is 11.4 Å². The minimum atomic E-state index is -0.283. The van der Waals surface area contributed by atoms with Crippen LogP contribution < -0.4 is 10.6 Å². The van der Waals surface area contributed by atoms with Crippen molar-refractivity contribution >= 4 is 22.5 Å². The molecule has 142 valence electrons. The number of hydrogen-bond acceptors (Lipinski definition) is 5. The monoisotopic (exact) mass is 384 g/mol. The van der Waals surface area contributed by atoms with Gasteiger partial charge >= 0.3 is 6.03 Å². The van der Waals surface area contributed by atoms with Gasteiger partial charge in [0.25, 0.3) is 0 Å². The number of anilines is 1. The number of aromatic nitrogens is 4. The van der Waals surface area contributed by atoms with Gasteiger partial charge in [-0.3, -0.25) is 5.32 Å². The second-order valence-electron chi connectivity index (χ2n) is 7.37. The molecular formula is C19H24N6OS. The molecule has 0 aromatic carbocycles. The first-order chi connectivity index (χ1) is 12.7. The number of urea groups is 1. The van der Waals surface area contributed by atoms with E-state index in [1.54, 1.807) is 6.20 Å². The Balaban J connectivity index is 1.71. The first kappa shape index (κ1) is 19.0. The van der Waals surface area contributed by atoms with E-state index in [2.05, 4.69) is 46.4 Å². The first-order valence-electron chi connectivity index (χ1n) is 8.70. The van der Waals surface area contributed by atoms with Crippen LogP contribution in [0.2, 0.25) is 0 Å². The van der Waals surface area contributed by atoms with E-state index >= 15 is 0 Å². The third kappa shape index (κ3) is 4.51. The maximum atomic E-state index is 12.2. The van der Waals surface area contributed by atoms with Crippen LogP contribution >= 0.6 is 11.3 Å². The molecule has 0 aliphatic heterocycles. The van der Waals surface area contributed by atoms with Crippen molar-refractivity contribution in [1.82, 2.24) is 24.8 Å². The normalized spacial score (nSPS) is 11.4. The Bertz CT molecular complexity index is 953. The summed E-state index contributed by atoms with van der Waals surface area (Å²) in [4.78, 5) is 26.6. The number of nitrogens with zero attached hydrogens (tertiary/aromatic N) is 4. The van der Waals surface area contributed by atoms with Crippen molar-refractivity contribution in [3.8, 4) is 10.6 Å². The average Bonchev–Trinajstić information content (AvgIpc) is 3.17. The lowest BCUT2D eigenvalue weighted by Gasteiger charge is -2.16. The summed E-state index contributed by atoms with van der Waals surface area (Å²) < 4.78 is 1.97. The first-order valence-corrected chi connectivity index (χ1v) is 9.52. The fraction of sp³-hybridized carbons (Fsp3) is 0.368. The van der Waals surface area contributed by atoms with Gasteiger partial charge in [0.05, 0.1) is 22.8 Å². The largest absolute Gasteiger partial charge is 0.353 e. The van der Waals surface area contributed by atoms with Gasteiger partial charge in [0.15, 0.2) is 5.13 Å². The van der Waals surface area contributed by atoms with E-state index in [0.29, 0.717) is 11.7 Å². The van der Waals surface area contributed by atoms with Crippen LogP contribution in [0.1, 0.15) is 38.0 Å². The Kier molecular flexibility index (Phi) is 5.27. The Labute approximate surface area is 162 Å². The fourth-order valence-corrected chi connectivity index (χ4v) is 3.46. The fourth-order valence-electron chi connectivity index (χ4n) is 2.53. The molecule has 3 rings (SSSR count). The van der Waals surface area contributed by atoms with Gasteiger partial charge < -0.3 is 9.88 Å². The topological polar surface area (TPSA) is 84.7 Å². The van der Waals surface area contributed by atoms with Gasteiger partial charge in [0, 0.05) is 30.6 Å². The lowest BCUT2D eigenvalue weighted by atomic mass is 9.95. The third-order valence-corrected chi connectivity index (χ3v) is 5.15. The molecule has 0 atom stereocenters. The number of rotatable bonds is 4. The predicted molar refractivity (Wildman–Crippen MR) is 108 cm³/mol. The number of nitrogens with one attached hydrogen (secondary N) is 2. The molecule has 0 bridgehead atoms. The maximum absolute atomic E-state index is 12.2. The van der Waals surface area contributed by atoms with Gasteiger partial charge in [-0.25, -0.2) is 19.7 Å². The van der Waals surface area contributed by atoms with Crippen LogP contribution in [0.3, 0.4) is 0 Å². The van der Waals surface area contributed by atoms with Crippen LogP contribution in [-0.2, 0) is 19.0 Å². The summed E-state index contributed by atoms with van der Waals surface area (Å²) in [5.41, 5.74) is 2.54. The van der Waals surface area contributed by atoms with Crippen LogP contribution in [0.15, 0.2) is 30.6 Å². The van der Waals surface area contributed by atoms with Crippen molar-refractivity contribution < 1.29 is 4.79 Å². The summed E-state index contributed by atoms with van der Waals surface area (Å²) in [5.74, 6) is 0.780. The van der Waals surface area contributed by atoms with E-state index in [1.165, 1.54) is 11.3 Å². The lowest BCUT2D eigenvalue weighted by molar-refractivity contribution is 0.251. The van der Waals surface area contributed by atoms with Crippen molar-refractivity contribution in [3.63, 3.8) is 0 Å². The van der Waals surface area contributed by atoms with Crippen LogP contribution in [-0.4, -0.2) is 25.6 Å². The molecule has 0 fully saturated rings. The van der Waals surface area contributed by atoms with Crippen molar-refractivity contribution in [1.29, 1.82) is 0 Å². The zero-order valence-electron chi connectivity index (χ0n) is 16.2. The molecule has 0 spiro atoms. The lowest BCUT2D eigenvalue weighted by Crippen LogP contribution is -2.28. The van der Waals surface area contributed by atoms with Gasteiger partial charge in [-0.05, 0) is 25.1 Å². The maximum Gasteiger partial charge on any atom is 0.321 e. The van der Waals surface area contributed by atoms with Crippen LogP contribution in [0.4, 0.5) is 9.93 Å². The minimum absolute atomic E-state index is 0.132. The molecule has 0 unspecified atom stereocenters. The Morgan fingerprint density at radius 3 is 2.70 bits per heavy atom. The SMILES string of the molecule is Cc1nc(NC(=O)NCc2cccn2C)sc1-c1ccnc(C(C)(C)C)n1. The summed E-state index contributed by atoms with van der Waals surface area (Å²) >= 11 is 1.41. The number of aryl methyl sites for hydroxylation is 2. The summed E-state index contributed by atoms with van der Waals surface area (Å²) in [5, 5.41) is 6.19. The molecule has 7 nitrogen and oxygen atoms in total. The molecule has 3 aromatic rings. The van der Waals surface area contributed by atoms with Crippen LogP contribution in [0, 0.1) is 6.92 Å². The highest BCUT2D eigenvalue weighted by atomic mass is 32.1. The van der Waals surface area contributed by atoms with Crippen molar-refractivity contribution in [2.45, 2.75) is 39.7 Å². The van der Waals surface area contributed by atoms with Gasteiger partial charge in [-0.15, -0.1) is 0 Å². The highest BCUT2D eigenvalue weighted by Crippen LogP contribution is 2.32. The van der Waals surface area contributed by atoms with E-state index < -0.39 is 0 Å². The van der Waals surface area contributed by atoms with Gasteiger partial charge in [-0.2, -0.15) is 0 Å². The third-order valence-electron chi connectivity index (χ3n) is 4.06. The van der Waals surface area contributed by atoms with E-state index in [1.807, 2.05) is 42.9 Å². The van der Waals surface area contributed by atoms with Gasteiger partial charge in [0.2, 0.25) is 0 Å². The number of hydrogen-bond donors (Lipinski definition) is 2. The Hall–Kier alpha value is -2.74. The van der Waals surface area contributed by atoms with Crippen molar-refractivity contribution in [2.24, 2.45) is 7.05 Å². The number of thiazole rings is 1. The zero-order valence-corrected chi connectivity index (χ0v) is 17.0. The summed E-state index contributed by atoms with van der Waals surface area (Å²) in [7, 11) is 1.94. The molecule has 0 saturated carbocycles. The summed E-state index contributed by atoms with van der Waals surface area (Å²) in [6.07, 6.45) is 3.71. The molecule has 3 aromatic heterocycles. The number of carbonyl (C=O) groups excluding carboxylic acids is 1. The van der Waals surface area contributed by atoms with Crippen LogP contribution in [0.5, 0.6) is 0 Å². The highest BCUT2D eigenvalue weighted by Gasteiger charge is 2.19. The number of carbonyl (C=O) groups is 1. The molecule has 2 amide bonds. The molecule has 3 heterocycles. The van der Waals surface area contributed by atoms with Gasteiger partial charge in [0.1, 0.15) is 5.82 Å². The number of amides is 2. The van der Waals surface area contributed by atoms with Gasteiger partial charge in [-0.1, -0.05) is 32.1 Å². The summed E-state index contributed by atoms with van der Waals surface area (Å²) in [6.45, 7) is 8.60. The molecule has 0 radical (unpaired) electrons. The molecular weight excluding hydrogens is 360 g/mol. The molecule has 2 N–H and O–H groups in total. The Morgan fingerprint density at radius 1 is 1.26 bits per heavy atom. The van der Waals surface area contributed by atoms with Crippen molar-refractivity contribution in [2.75, 3.05) is 5.32 Å². The van der Waals surface area contributed by atoms with E-state index in [9.17, 15) is 4.79 Å². The minimum Gasteiger partial charge on any atom is -0.353 e. The molecule has 8 heteroatoms. The van der Waals surface area contributed by atoms with Crippen LogP contribution in [0.25, 0.3) is 10.6 Å². The highest BCUT2D eigenvalue weighted by molar-refractivity contribution is 7.19. The quantitative estimate of drug-likeness (QED) is 0.715. The molecule has 0 saturated heterocycles. The Morgan fingerprint density at radius 2 is 2.04 bits per heavy atom. The molecule has 0 aliphatic rings.